The summed E-state index contributed by atoms with van der Waals surface area (Å²) in [5, 5.41) is 10.4. The molecule has 1 aliphatic heterocycles. The van der Waals surface area contributed by atoms with E-state index in [2.05, 4.69) is 9.98 Å². The fourth-order valence-corrected chi connectivity index (χ4v) is 3.51. The molecular formula is C19H19N3O3S. The summed E-state index contributed by atoms with van der Waals surface area (Å²) in [6.07, 6.45) is 5.12. The number of aromatic nitrogens is 1. The Balaban J connectivity index is 1.91. The predicted molar refractivity (Wildman–Crippen MR) is 104 cm³/mol. The molecule has 7 heteroatoms. The molecule has 3 rings (SSSR count). The highest BCUT2D eigenvalue weighted by Crippen LogP contribution is 2.35. The monoisotopic (exact) mass is 369 g/mol. The third-order valence-electron chi connectivity index (χ3n) is 3.66. The molecule has 0 spiro atoms. The number of hydrogen-bond donors (Lipinski definition) is 1. The number of carbonyl (C=O) groups is 1. The zero-order chi connectivity index (χ0) is 18.5. The fourth-order valence-electron chi connectivity index (χ4n) is 2.44. The van der Waals surface area contributed by atoms with Gasteiger partial charge in [-0.05, 0) is 61.5 Å². The molecule has 0 aliphatic carbocycles. The maximum absolute atomic E-state index is 12.7. The maximum Gasteiger partial charge on any atom is 0.266 e. The lowest BCUT2D eigenvalue weighted by molar-refractivity contribution is -0.122. The molecule has 1 N–H and O–H groups in total. The van der Waals surface area contributed by atoms with Crippen molar-refractivity contribution >= 4 is 34.6 Å². The second kappa shape index (κ2) is 8.05. The van der Waals surface area contributed by atoms with E-state index in [9.17, 15) is 9.90 Å². The van der Waals surface area contributed by atoms with Crippen LogP contribution in [0.5, 0.6) is 11.5 Å². The van der Waals surface area contributed by atoms with Gasteiger partial charge < -0.3 is 9.84 Å². The summed E-state index contributed by atoms with van der Waals surface area (Å²) in [7, 11) is 0. The topological polar surface area (TPSA) is 75.0 Å². The van der Waals surface area contributed by atoms with Gasteiger partial charge in [-0.1, -0.05) is 6.07 Å². The highest BCUT2D eigenvalue weighted by atomic mass is 32.2. The van der Waals surface area contributed by atoms with Gasteiger partial charge in [0.1, 0.15) is 0 Å². The molecule has 0 bridgehead atoms. The van der Waals surface area contributed by atoms with Gasteiger partial charge in [0.2, 0.25) is 0 Å². The van der Waals surface area contributed by atoms with Gasteiger partial charge in [0, 0.05) is 12.7 Å². The number of aliphatic imine (C=N–C) groups is 1. The number of aromatic hydroxyl groups is 1. The number of ether oxygens (including phenoxy) is 1. The molecule has 2 heterocycles. The van der Waals surface area contributed by atoms with E-state index in [1.54, 1.807) is 47.6 Å². The van der Waals surface area contributed by atoms with Crippen LogP contribution in [0.1, 0.15) is 19.4 Å². The van der Waals surface area contributed by atoms with Crippen molar-refractivity contribution in [2.75, 3.05) is 13.2 Å². The first-order valence-electron chi connectivity index (χ1n) is 8.28. The molecule has 1 aliphatic rings. The number of phenolic OH excluding ortho intramolecular Hbond substituents is 1. The number of nitrogens with zero attached hydrogens (tertiary/aromatic N) is 3. The van der Waals surface area contributed by atoms with E-state index in [0.29, 0.717) is 34.7 Å². The Kier molecular flexibility index (Phi) is 5.58. The molecule has 2 aromatic rings. The first-order valence-corrected chi connectivity index (χ1v) is 9.10. The van der Waals surface area contributed by atoms with Crippen LogP contribution >= 0.6 is 11.8 Å². The summed E-state index contributed by atoms with van der Waals surface area (Å²) in [6, 6.07) is 8.66. The number of benzene rings is 1. The van der Waals surface area contributed by atoms with E-state index in [-0.39, 0.29) is 11.7 Å². The van der Waals surface area contributed by atoms with Crippen molar-refractivity contribution in [2.45, 2.75) is 13.8 Å². The van der Waals surface area contributed by atoms with Crippen LogP contribution in [0.2, 0.25) is 0 Å². The Bertz CT molecular complexity index is 866. The van der Waals surface area contributed by atoms with E-state index in [1.807, 2.05) is 19.9 Å². The Morgan fingerprint density at radius 2 is 2.19 bits per heavy atom. The number of amidine groups is 1. The average Bonchev–Trinajstić information content (AvgIpc) is 2.93. The zero-order valence-corrected chi connectivity index (χ0v) is 15.4. The number of phenols is 1. The Labute approximate surface area is 156 Å². The Morgan fingerprint density at radius 1 is 1.35 bits per heavy atom. The predicted octanol–water partition coefficient (Wildman–Crippen LogP) is 3.81. The number of pyridine rings is 1. The summed E-state index contributed by atoms with van der Waals surface area (Å²) in [4.78, 5) is 23.5. The highest BCUT2D eigenvalue weighted by Gasteiger charge is 2.32. The van der Waals surface area contributed by atoms with Gasteiger partial charge in [0.25, 0.3) is 5.91 Å². The molecule has 6 nitrogen and oxygen atoms in total. The minimum atomic E-state index is -0.0915. The van der Waals surface area contributed by atoms with Crippen molar-refractivity contribution in [2.24, 2.45) is 4.99 Å². The SMILES string of the molecule is CCOc1cc(/C=C2\SC(=Nc3cccnc3)N(CC)C2=O)ccc1O. The summed E-state index contributed by atoms with van der Waals surface area (Å²) >= 11 is 1.32. The standard InChI is InChI=1S/C19H19N3O3S/c1-3-22-18(24)17(26-19(22)21-14-6-5-9-20-12-14)11-13-7-8-15(23)16(10-13)25-4-2/h5-12,23H,3-4H2,1-2H3/b17-11-,21-19?. The van der Waals surface area contributed by atoms with Gasteiger partial charge in [-0.2, -0.15) is 0 Å². The Morgan fingerprint density at radius 3 is 2.88 bits per heavy atom. The first kappa shape index (κ1) is 18.0. The van der Waals surface area contributed by atoms with Crippen molar-refractivity contribution in [3.8, 4) is 11.5 Å². The Hall–Kier alpha value is -2.80. The van der Waals surface area contributed by atoms with E-state index in [4.69, 9.17) is 4.74 Å². The van der Waals surface area contributed by atoms with Crippen molar-refractivity contribution < 1.29 is 14.6 Å². The van der Waals surface area contributed by atoms with E-state index < -0.39 is 0 Å². The zero-order valence-electron chi connectivity index (χ0n) is 14.5. The molecule has 1 aromatic heterocycles. The van der Waals surface area contributed by atoms with Crippen LogP contribution in [0.4, 0.5) is 5.69 Å². The number of thioether (sulfide) groups is 1. The molecule has 1 amide bonds. The minimum Gasteiger partial charge on any atom is -0.504 e. The summed E-state index contributed by atoms with van der Waals surface area (Å²) in [6.45, 7) is 4.74. The van der Waals surface area contributed by atoms with Gasteiger partial charge in [0.15, 0.2) is 16.7 Å². The lowest BCUT2D eigenvalue weighted by Gasteiger charge is -2.11. The summed E-state index contributed by atoms with van der Waals surface area (Å²) in [5.41, 5.74) is 1.48. The quantitative estimate of drug-likeness (QED) is 0.811. The molecule has 0 saturated carbocycles. The number of likely N-dealkylation sites (N-methyl/N-ethyl adjacent to an activating group) is 1. The van der Waals surface area contributed by atoms with Gasteiger partial charge in [-0.25, -0.2) is 4.99 Å². The van der Waals surface area contributed by atoms with Gasteiger partial charge in [-0.3, -0.25) is 14.7 Å². The smallest absolute Gasteiger partial charge is 0.266 e. The van der Waals surface area contributed by atoms with Crippen molar-refractivity contribution in [3.63, 3.8) is 0 Å². The van der Waals surface area contributed by atoms with Crippen LogP contribution in [-0.2, 0) is 4.79 Å². The van der Waals surface area contributed by atoms with E-state index in [0.717, 1.165) is 5.56 Å². The molecule has 1 fully saturated rings. The molecule has 134 valence electrons. The van der Waals surface area contributed by atoms with Crippen LogP contribution in [0, 0.1) is 0 Å². The van der Waals surface area contributed by atoms with Crippen LogP contribution < -0.4 is 4.74 Å². The number of amides is 1. The van der Waals surface area contributed by atoms with E-state index in [1.165, 1.54) is 11.8 Å². The lowest BCUT2D eigenvalue weighted by Crippen LogP contribution is -2.28. The average molecular weight is 369 g/mol. The summed E-state index contributed by atoms with van der Waals surface area (Å²) in [5.74, 6) is 0.383. The van der Waals surface area contributed by atoms with Gasteiger partial charge in [0.05, 0.1) is 23.4 Å². The second-order valence-electron chi connectivity index (χ2n) is 5.43. The van der Waals surface area contributed by atoms with Crippen LogP contribution in [0.25, 0.3) is 6.08 Å². The normalized spacial score (nSPS) is 17.3. The van der Waals surface area contributed by atoms with Crippen LogP contribution in [-0.4, -0.2) is 39.2 Å². The lowest BCUT2D eigenvalue weighted by atomic mass is 10.2. The molecule has 26 heavy (non-hydrogen) atoms. The minimum absolute atomic E-state index is 0.0772. The molecule has 0 atom stereocenters. The first-order chi connectivity index (χ1) is 12.6. The molecule has 1 saturated heterocycles. The van der Waals surface area contributed by atoms with E-state index >= 15 is 0 Å². The number of rotatable bonds is 5. The third-order valence-corrected chi connectivity index (χ3v) is 4.66. The van der Waals surface area contributed by atoms with Gasteiger partial charge >= 0.3 is 0 Å². The largest absolute Gasteiger partial charge is 0.504 e. The molecule has 0 radical (unpaired) electrons. The third kappa shape index (κ3) is 3.88. The van der Waals surface area contributed by atoms with Crippen molar-refractivity contribution in [3.05, 3.63) is 53.2 Å². The van der Waals surface area contributed by atoms with Crippen molar-refractivity contribution in [1.29, 1.82) is 0 Å². The fraction of sp³-hybridized carbons (Fsp3) is 0.211. The molecule has 0 unspecified atom stereocenters. The van der Waals surface area contributed by atoms with Crippen LogP contribution in [0.15, 0.2) is 52.6 Å². The number of carbonyl (C=O) groups excluding carboxylic acids is 1. The maximum atomic E-state index is 12.7. The van der Waals surface area contributed by atoms with Crippen molar-refractivity contribution in [1.82, 2.24) is 9.88 Å². The van der Waals surface area contributed by atoms with Crippen LogP contribution in [0.3, 0.4) is 0 Å². The van der Waals surface area contributed by atoms with Gasteiger partial charge in [-0.15, -0.1) is 0 Å². The second-order valence-corrected chi connectivity index (χ2v) is 6.43. The summed E-state index contributed by atoms with van der Waals surface area (Å²) < 4.78 is 5.40. The molecular weight excluding hydrogens is 350 g/mol. The highest BCUT2D eigenvalue weighted by molar-refractivity contribution is 8.18. The molecule has 1 aromatic carbocycles. The number of hydrogen-bond acceptors (Lipinski definition) is 6.